The van der Waals surface area contributed by atoms with Gasteiger partial charge in [0.2, 0.25) is 0 Å². The zero-order valence-electron chi connectivity index (χ0n) is 7.15. The normalized spacial score (nSPS) is 11.3. The lowest BCUT2D eigenvalue weighted by Crippen LogP contribution is -1.97. The summed E-state index contributed by atoms with van der Waals surface area (Å²) in [6.07, 6.45) is 1.37. The minimum absolute atomic E-state index is 0.156. The highest BCUT2D eigenvalue weighted by Gasteiger charge is 1.99. The predicted octanol–water partition coefficient (Wildman–Crippen LogP) is 1.25. The molecule has 0 radical (unpaired) electrons. The molecule has 0 aliphatic rings. The zero-order valence-corrected chi connectivity index (χ0v) is 7.15. The number of para-hydroxylation sites is 1. The predicted molar refractivity (Wildman–Crippen MR) is 47.2 cm³/mol. The number of hydrogen-bond acceptors (Lipinski definition) is 2. The van der Waals surface area contributed by atoms with Crippen LogP contribution in [0.3, 0.4) is 0 Å². The minimum atomic E-state index is -1.01. The third-order valence-electron chi connectivity index (χ3n) is 1.63. The van der Waals surface area contributed by atoms with Crippen LogP contribution in [-0.2, 0) is 4.79 Å². The van der Waals surface area contributed by atoms with Gasteiger partial charge in [0, 0.05) is 5.57 Å². The second kappa shape index (κ2) is 3.76. The Morgan fingerprint density at radius 3 is 2.62 bits per heavy atom. The van der Waals surface area contributed by atoms with Gasteiger partial charge in [-0.25, -0.2) is 4.79 Å². The minimum Gasteiger partial charge on any atom is -0.872 e. The Kier molecular flexibility index (Phi) is 2.69. The molecule has 3 heteroatoms. The molecule has 3 nitrogen and oxygen atoms in total. The van der Waals surface area contributed by atoms with Crippen LogP contribution in [0, 0.1) is 0 Å². The van der Waals surface area contributed by atoms with Crippen molar-refractivity contribution in [1.29, 1.82) is 0 Å². The summed E-state index contributed by atoms with van der Waals surface area (Å²) < 4.78 is 0. The van der Waals surface area contributed by atoms with Crippen molar-refractivity contribution >= 4 is 12.0 Å². The first-order chi connectivity index (χ1) is 6.11. The number of benzene rings is 1. The molecule has 1 aromatic carbocycles. The van der Waals surface area contributed by atoms with E-state index in [0.29, 0.717) is 5.56 Å². The van der Waals surface area contributed by atoms with Crippen LogP contribution in [0.15, 0.2) is 29.8 Å². The van der Waals surface area contributed by atoms with Crippen LogP contribution >= 0.6 is 0 Å². The van der Waals surface area contributed by atoms with Crippen LogP contribution in [0.1, 0.15) is 12.5 Å². The molecule has 0 aromatic heterocycles. The van der Waals surface area contributed by atoms with Gasteiger partial charge in [-0.3, -0.25) is 0 Å². The summed E-state index contributed by atoms with van der Waals surface area (Å²) in [5, 5.41) is 19.7. The first-order valence-electron chi connectivity index (χ1n) is 3.79. The van der Waals surface area contributed by atoms with Crippen molar-refractivity contribution in [3.63, 3.8) is 0 Å². The second-order valence-corrected chi connectivity index (χ2v) is 2.67. The largest absolute Gasteiger partial charge is 0.872 e. The maximum absolute atomic E-state index is 11.1. The first kappa shape index (κ1) is 9.32. The average Bonchev–Trinajstić information content (AvgIpc) is 2.08. The molecular weight excluding hydrogens is 168 g/mol. The third kappa shape index (κ3) is 2.33. The van der Waals surface area contributed by atoms with Crippen molar-refractivity contribution in [3.05, 3.63) is 35.4 Å². The Labute approximate surface area is 76.0 Å². The van der Waals surface area contributed by atoms with Crippen LogP contribution in [-0.4, -0.2) is 11.1 Å². The highest BCUT2D eigenvalue weighted by molar-refractivity contribution is 5.91. The van der Waals surface area contributed by atoms with Gasteiger partial charge in [0.05, 0.1) is 0 Å². The van der Waals surface area contributed by atoms with E-state index < -0.39 is 5.97 Å². The molecule has 0 atom stereocenters. The van der Waals surface area contributed by atoms with Crippen LogP contribution in [0.25, 0.3) is 6.08 Å². The second-order valence-electron chi connectivity index (χ2n) is 2.67. The van der Waals surface area contributed by atoms with Gasteiger partial charge in [-0.05, 0) is 18.6 Å². The van der Waals surface area contributed by atoms with E-state index in [9.17, 15) is 9.90 Å². The molecule has 0 unspecified atom stereocenters. The van der Waals surface area contributed by atoms with Gasteiger partial charge in [-0.15, -0.1) is 5.75 Å². The van der Waals surface area contributed by atoms with Crippen molar-refractivity contribution in [2.24, 2.45) is 0 Å². The lowest BCUT2D eigenvalue weighted by molar-refractivity contribution is -0.268. The summed E-state index contributed by atoms with van der Waals surface area (Å²) >= 11 is 0. The van der Waals surface area contributed by atoms with Gasteiger partial charge in [0.15, 0.2) is 0 Å². The zero-order chi connectivity index (χ0) is 9.84. The van der Waals surface area contributed by atoms with Crippen molar-refractivity contribution < 1.29 is 15.0 Å². The monoisotopic (exact) mass is 177 g/mol. The fraction of sp³-hybridized carbons (Fsp3) is 0.100. The lowest BCUT2D eigenvalue weighted by atomic mass is 10.1. The van der Waals surface area contributed by atoms with Crippen molar-refractivity contribution in [1.82, 2.24) is 0 Å². The van der Waals surface area contributed by atoms with Crippen molar-refractivity contribution in [2.75, 3.05) is 0 Å². The molecule has 0 fully saturated rings. The summed E-state index contributed by atoms with van der Waals surface area (Å²) in [6.45, 7) is 1.45. The molecule has 0 saturated heterocycles. The molecule has 1 aromatic rings. The third-order valence-corrected chi connectivity index (χ3v) is 1.63. The Morgan fingerprint density at radius 1 is 1.46 bits per heavy atom. The SMILES string of the molecule is C/C(=C\c1ccccc1[O-])C(=O)O. The van der Waals surface area contributed by atoms with Crippen molar-refractivity contribution in [2.45, 2.75) is 6.92 Å². The topological polar surface area (TPSA) is 60.4 Å². The molecule has 0 heterocycles. The Bertz CT molecular complexity index is 353. The number of carboxylic acid groups (broad SMARTS) is 1. The number of carboxylic acids is 1. The summed E-state index contributed by atoms with van der Waals surface area (Å²) in [4.78, 5) is 10.4. The lowest BCUT2D eigenvalue weighted by Gasteiger charge is -2.08. The van der Waals surface area contributed by atoms with E-state index in [1.807, 2.05) is 0 Å². The van der Waals surface area contributed by atoms with Gasteiger partial charge in [-0.2, -0.15) is 0 Å². The Balaban J connectivity index is 3.04. The maximum atomic E-state index is 11.1. The number of rotatable bonds is 2. The van der Waals surface area contributed by atoms with E-state index >= 15 is 0 Å². The van der Waals surface area contributed by atoms with E-state index in [-0.39, 0.29) is 11.3 Å². The fourth-order valence-electron chi connectivity index (χ4n) is 0.895. The number of carbonyl (C=O) groups is 1. The molecule has 13 heavy (non-hydrogen) atoms. The average molecular weight is 177 g/mol. The Hall–Kier alpha value is -1.77. The summed E-state index contributed by atoms with van der Waals surface area (Å²) in [7, 11) is 0. The van der Waals surface area contributed by atoms with E-state index in [1.165, 1.54) is 19.1 Å². The standard InChI is InChI=1S/C10H10O3/c1-7(10(12)13)6-8-4-2-3-5-9(8)11/h2-6,11H,1H3,(H,12,13)/p-1/b7-6+. The fourth-order valence-corrected chi connectivity index (χ4v) is 0.895. The molecule has 0 amide bonds. The molecule has 0 aliphatic carbocycles. The molecule has 0 spiro atoms. The van der Waals surface area contributed by atoms with Gasteiger partial charge in [-0.1, -0.05) is 24.3 Å². The van der Waals surface area contributed by atoms with Gasteiger partial charge in [0.1, 0.15) is 0 Å². The number of hydrogen-bond donors (Lipinski definition) is 1. The summed E-state index contributed by atoms with van der Waals surface area (Å²) in [5.41, 5.74) is 0.561. The highest BCUT2D eigenvalue weighted by atomic mass is 16.4. The maximum Gasteiger partial charge on any atom is 0.331 e. The smallest absolute Gasteiger partial charge is 0.331 e. The van der Waals surface area contributed by atoms with Crippen molar-refractivity contribution in [3.8, 4) is 5.75 Å². The molecule has 1 N–H and O–H groups in total. The molecule has 0 saturated carbocycles. The van der Waals surface area contributed by atoms with E-state index in [1.54, 1.807) is 18.2 Å². The van der Waals surface area contributed by atoms with Crippen LogP contribution < -0.4 is 5.11 Å². The molecular formula is C10H9O3-. The summed E-state index contributed by atoms with van der Waals surface area (Å²) in [6, 6.07) is 6.31. The van der Waals surface area contributed by atoms with Crippen LogP contribution in [0.5, 0.6) is 5.75 Å². The van der Waals surface area contributed by atoms with E-state index in [0.717, 1.165) is 0 Å². The van der Waals surface area contributed by atoms with Crippen LogP contribution in [0.4, 0.5) is 0 Å². The summed E-state index contributed by atoms with van der Waals surface area (Å²) in [5.74, 6) is -1.17. The van der Waals surface area contributed by atoms with Crippen LogP contribution in [0.2, 0.25) is 0 Å². The number of aliphatic carboxylic acids is 1. The quantitative estimate of drug-likeness (QED) is 0.691. The van der Waals surface area contributed by atoms with Gasteiger partial charge >= 0.3 is 5.97 Å². The van der Waals surface area contributed by atoms with E-state index in [2.05, 4.69) is 0 Å². The van der Waals surface area contributed by atoms with E-state index in [4.69, 9.17) is 5.11 Å². The Morgan fingerprint density at radius 2 is 2.08 bits per heavy atom. The first-order valence-corrected chi connectivity index (χ1v) is 3.79. The molecule has 0 aliphatic heterocycles. The highest BCUT2D eigenvalue weighted by Crippen LogP contribution is 2.15. The van der Waals surface area contributed by atoms with Gasteiger partial charge < -0.3 is 10.2 Å². The molecule has 1 rings (SSSR count). The molecule has 68 valence electrons. The molecule has 0 bridgehead atoms. The van der Waals surface area contributed by atoms with Gasteiger partial charge in [0.25, 0.3) is 0 Å².